The number of hydrogen-bond acceptors (Lipinski definition) is 3. The number of rotatable bonds is 5. The van der Waals surface area contributed by atoms with Gasteiger partial charge in [-0.2, -0.15) is 21.6 Å². The smallest absolute Gasteiger partial charge is 0.261 e. The van der Waals surface area contributed by atoms with Crippen molar-refractivity contribution in [1.82, 2.24) is 0 Å². The van der Waals surface area contributed by atoms with Crippen LogP contribution in [0, 0.1) is 0 Å². The van der Waals surface area contributed by atoms with Gasteiger partial charge in [-0.15, -0.1) is 0 Å². The molecule has 0 unspecified atom stereocenters. The Balaban J connectivity index is 3.91. The zero-order valence-corrected chi connectivity index (χ0v) is 9.45. The largest absolute Gasteiger partial charge is 0.413 e. The van der Waals surface area contributed by atoms with Gasteiger partial charge in [-0.05, 0) is 6.42 Å². The van der Waals surface area contributed by atoms with E-state index in [0.717, 1.165) is 0 Å². The van der Waals surface area contributed by atoms with E-state index >= 15 is 0 Å². The summed E-state index contributed by atoms with van der Waals surface area (Å²) in [6.45, 7) is -1.74. The van der Waals surface area contributed by atoms with E-state index in [2.05, 4.69) is 4.18 Å². The van der Waals surface area contributed by atoms with Gasteiger partial charge in [0.1, 0.15) is 0 Å². The molecule has 8 heteroatoms. The van der Waals surface area contributed by atoms with Gasteiger partial charge in [-0.3, -0.25) is 4.18 Å². The summed E-state index contributed by atoms with van der Waals surface area (Å²) in [7, 11) is -4.00. The topological polar surface area (TPSA) is 43.4 Å². The molecular weight excluding hydrogens is 324 g/mol. The van der Waals surface area contributed by atoms with Gasteiger partial charge in [0.2, 0.25) is 0 Å². The highest BCUT2D eigenvalue weighted by atomic mass is 127. The first-order valence-electron chi connectivity index (χ1n) is 3.27. The van der Waals surface area contributed by atoms with Crippen LogP contribution in [0.2, 0.25) is 0 Å². The average molecular weight is 332 g/mol. The summed E-state index contributed by atoms with van der Waals surface area (Å²) in [6.07, 6.45) is -4.31. The second-order valence-electron chi connectivity index (χ2n) is 2.18. The Morgan fingerprint density at radius 2 is 1.85 bits per heavy atom. The van der Waals surface area contributed by atoms with E-state index in [0.29, 0.717) is 10.8 Å². The van der Waals surface area contributed by atoms with E-state index in [1.807, 2.05) is 22.6 Å². The van der Waals surface area contributed by atoms with Gasteiger partial charge in [0, 0.05) is 4.43 Å². The molecule has 0 aliphatic rings. The number of hydrogen-bond donors (Lipinski definition) is 0. The van der Waals surface area contributed by atoms with Crippen molar-refractivity contribution in [3.8, 4) is 0 Å². The van der Waals surface area contributed by atoms with Gasteiger partial charge in [0.25, 0.3) is 10.1 Å². The molecule has 80 valence electrons. The van der Waals surface area contributed by atoms with Crippen molar-refractivity contribution in [2.45, 2.75) is 12.6 Å². The fourth-order valence-corrected chi connectivity index (χ4v) is 2.27. The van der Waals surface area contributed by atoms with Crippen LogP contribution in [0.1, 0.15) is 6.42 Å². The molecule has 13 heavy (non-hydrogen) atoms. The van der Waals surface area contributed by atoms with Gasteiger partial charge < -0.3 is 0 Å². The van der Waals surface area contributed by atoms with Crippen molar-refractivity contribution in [2.24, 2.45) is 0 Å². The van der Waals surface area contributed by atoms with Crippen LogP contribution in [0.3, 0.4) is 0 Å². The first-order chi connectivity index (χ1) is 5.77. The predicted octanol–water partition coefficient (Wildman–Crippen LogP) is 1.72. The molecule has 0 N–H and O–H groups in total. The molecule has 0 saturated carbocycles. The maximum atomic E-state index is 11.5. The fraction of sp³-hybridized carbons (Fsp3) is 1.00. The van der Waals surface area contributed by atoms with Crippen LogP contribution in [0.5, 0.6) is 0 Å². The second kappa shape index (κ2) is 5.35. The molecule has 0 heterocycles. The van der Waals surface area contributed by atoms with E-state index < -0.39 is 22.9 Å². The third-order valence-electron chi connectivity index (χ3n) is 0.930. The molecule has 0 aromatic rings. The zero-order valence-electron chi connectivity index (χ0n) is 6.47. The van der Waals surface area contributed by atoms with Crippen molar-refractivity contribution < 1.29 is 25.8 Å². The molecule has 0 spiro atoms. The van der Waals surface area contributed by atoms with Crippen molar-refractivity contribution in [3.05, 3.63) is 0 Å². The van der Waals surface area contributed by atoms with Crippen LogP contribution in [0.4, 0.5) is 13.2 Å². The van der Waals surface area contributed by atoms with Crippen LogP contribution in [0.15, 0.2) is 0 Å². The summed E-state index contributed by atoms with van der Waals surface area (Å²) < 4.78 is 60.3. The van der Waals surface area contributed by atoms with Crippen molar-refractivity contribution >= 4 is 32.7 Å². The highest BCUT2D eigenvalue weighted by molar-refractivity contribution is 14.1. The Morgan fingerprint density at radius 1 is 1.31 bits per heavy atom. The molecule has 0 radical (unpaired) electrons. The van der Waals surface area contributed by atoms with E-state index in [9.17, 15) is 21.6 Å². The van der Waals surface area contributed by atoms with E-state index in [4.69, 9.17) is 0 Å². The second-order valence-corrected chi connectivity index (χ2v) is 5.02. The molecule has 0 rings (SSSR count). The average Bonchev–Trinajstić information content (AvgIpc) is 1.97. The molecule has 0 saturated heterocycles. The lowest BCUT2D eigenvalue weighted by Crippen LogP contribution is -2.22. The third-order valence-corrected chi connectivity index (χ3v) is 2.96. The minimum absolute atomic E-state index is 0.292. The molecule has 0 aliphatic carbocycles. The van der Waals surface area contributed by atoms with Crippen molar-refractivity contribution in [2.75, 3.05) is 16.8 Å². The molecule has 0 bridgehead atoms. The fourth-order valence-electron chi connectivity index (χ4n) is 0.447. The first-order valence-corrected chi connectivity index (χ1v) is 6.37. The Morgan fingerprint density at radius 3 is 2.23 bits per heavy atom. The van der Waals surface area contributed by atoms with Gasteiger partial charge in [0.05, 0.1) is 5.75 Å². The Hall–Kier alpha value is 0.430. The summed E-state index contributed by atoms with van der Waals surface area (Å²) in [6, 6.07) is 0. The number of halogens is 4. The van der Waals surface area contributed by atoms with Crippen molar-refractivity contribution in [3.63, 3.8) is 0 Å². The Bertz CT molecular complexity index is 236. The summed E-state index contributed by atoms with van der Waals surface area (Å²) >= 11 is 1.93. The SMILES string of the molecule is O=S(=O)(CCCI)OCC(F)(F)F. The first kappa shape index (κ1) is 13.4. The lowest BCUT2D eigenvalue weighted by Gasteiger charge is -2.07. The minimum Gasteiger partial charge on any atom is -0.261 e. The molecular formula is C5H8F3IO3S. The van der Waals surface area contributed by atoms with Gasteiger partial charge in [0.15, 0.2) is 6.61 Å². The lowest BCUT2D eigenvalue weighted by atomic mass is 10.6. The molecule has 0 aliphatic heterocycles. The summed E-state index contributed by atoms with van der Waals surface area (Å²) in [5, 5.41) is 0. The van der Waals surface area contributed by atoms with Gasteiger partial charge in [-0.1, -0.05) is 22.6 Å². The third kappa shape index (κ3) is 8.75. The van der Waals surface area contributed by atoms with Gasteiger partial charge >= 0.3 is 6.18 Å². The van der Waals surface area contributed by atoms with Crippen LogP contribution in [-0.4, -0.2) is 31.4 Å². The van der Waals surface area contributed by atoms with Crippen LogP contribution in [-0.2, 0) is 14.3 Å². The number of alkyl halides is 4. The zero-order chi connectivity index (χ0) is 10.5. The summed E-state index contributed by atoms with van der Waals surface area (Å²) in [5.41, 5.74) is 0. The van der Waals surface area contributed by atoms with Crippen LogP contribution >= 0.6 is 22.6 Å². The molecule has 0 aromatic carbocycles. The maximum Gasteiger partial charge on any atom is 0.413 e. The predicted molar refractivity (Wildman–Crippen MR) is 49.3 cm³/mol. The molecule has 0 amide bonds. The normalized spacial score (nSPS) is 13.2. The quantitative estimate of drug-likeness (QED) is 0.437. The Labute approximate surface area is 87.9 Å². The van der Waals surface area contributed by atoms with E-state index in [-0.39, 0.29) is 5.75 Å². The van der Waals surface area contributed by atoms with Crippen LogP contribution in [0.25, 0.3) is 0 Å². The standard InChI is InChI=1S/C5H8F3IO3S/c6-5(7,8)4-12-13(10,11)3-1-2-9/h1-4H2. The summed E-state index contributed by atoms with van der Waals surface area (Å²) in [5.74, 6) is -0.369. The van der Waals surface area contributed by atoms with Crippen LogP contribution < -0.4 is 0 Å². The van der Waals surface area contributed by atoms with E-state index in [1.54, 1.807) is 0 Å². The Kier molecular flexibility index (Phi) is 5.52. The molecule has 0 aromatic heterocycles. The molecule has 0 atom stereocenters. The maximum absolute atomic E-state index is 11.5. The molecule has 3 nitrogen and oxygen atoms in total. The minimum atomic E-state index is -4.60. The summed E-state index contributed by atoms with van der Waals surface area (Å²) in [4.78, 5) is 0. The van der Waals surface area contributed by atoms with E-state index in [1.165, 1.54) is 0 Å². The highest BCUT2D eigenvalue weighted by Gasteiger charge is 2.30. The highest BCUT2D eigenvalue weighted by Crippen LogP contribution is 2.16. The van der Waals surface area contributed by atoms with Crippen molar-refractivity contribution in [1.29, 1.82) is 0 Å². The lowest BCUT2D eigenvalue weighted by molar-refractivity contribution is -0.152. The monoisotopic (exact) mass is 332 g/mol. The van der Waals surface area contributed by atoms with Gasteiger partial charge in [-0.25, -0.2) is 0 Å². The molecule has 0 fully saturated rings.